The van der Waals surface area contributed by atoms with Gasteiger partial charge in [0.05, 0.1) is 18.3 Å². The Morgan fingerprint density at radius 3 is 2.89 bits per heavy atom. The van der Waals surface area contributed by atoms with E-state index in [9.17, 15) is 0 Å². The van der Waals surface area contributed by atoms with E-state index in [1.807, 2.05) is 0 Å². The molecule has 0 radical (unpaired) electrons. The summed E-state index contributed by atoms with van der Waals surface area (Å²) in [6, 6.07) is 0.623. The number of rotatable bonds is 5. The molecule has 2 fully saturated rings. The number of ether oxygens (including phenoxy) is 2. The highest BCUT2D eigenvalue weighted by atomic mass is 32.2. The van der Waals surface area contributed by atoms with Gasteiger partial charge in [-0.05, 0) is 51.0 Å². The number of thioether (sulfide) groups is 1. The van der Waals surface area contributed by atoms with Crippen LogP contribution in [0.1, 0.15) is 39.5 Å². The topological polar surface area (TPSA) is 30.5 Å². The first kappa shape index (κ1) is 14.6. The molecule has 2 rings (SSSR count). The maximum absolute atomic E-state index is 6.10. The van der Waals surface area contributed by atoms with Crippen molar-refractivity contribution >= 4 is 11.8 Å². The lowest BCUT2D eigenvalue weighted by Crippen LogP contribution is -2.49. The summed E-state index contributed by atoms with van der Waals surface area (Å²) < 4.78 is 11.7. The highest BCUT2D eigenvalue weighted by Crippen LogP contribution is 2.37. The summed E-state index contributed by atoms with van der Waals surface area (Å²) in [7, 11) is 0. The minimum atomic E-state index is 0.195. The van der Waals surface area contributed by atoms with Crippen molar-refractivity contribution < 1.29 is 9.47 Å². The lowest BCUT2D eigenvalue weighted by Gasteiger charge is -2.43. The Hall–Kier alpha value is 0.230. The van der Waals surface area contributed by atoms with E-state index in [0.717, 1.165) is 26.2 Å². The molecule has 0 amide bonds. The second-order valence-electron chi connectivity index (χ2n) is 5.71. The molecule has 1 unspecified atom stereocenters. The summed E-state index contributed by atoms with van der Waals surface area (Å²) in [5.41, 5.74) is 0.195. The molecule has 1 N–H and O–H groups in total. The molecule has 2 heterocycles. The summed E-state index contributed by atoms with van der Waals surface area (Å²) in [5.74, 6) is 2.53. The molecule has 4 heteroatoms. The Morgan fingerprint density at radius 2 is 2.17 bits per heavy atom. The molecule has 2 saturated heterocycles. The molecule has 2 aliphatic heterocycles. The maximum atomic E-state index is 6.10. The molecule has 3 nitrogen and oxygen atoms in total. The summed E-state index contributed by atoms with van der Waals surface area (Å²) in [6.07, 6.45) is 5.14. The van der Waals surface area contributed by atoms with Crippen LogP contribution >= 0.6 is 11.8 Å². The largest absolute Gasteiger partial charge is 0.377 e. The first-order valence-corrected chi connectivity index (χ1v) is 8.42. The molecule has 1 spiro atoms. The molecular weight excluding hydrogens is 246 g/mol. The van der Waals surface area contributed by atoms with Crippen molar-refractivity contribution in [3.63, 3.8) is 0 Å². The Balaban J connectivity index is 1.69. The van der Waals surface area contributed by atoms with Gasteiger partial charge >= 0.3 is 0 Å². The van der Waals surface area contributed by atoms with Crippen molar-refractivity contribution in [1.82, 2.24) is 5.32 Å². The maximum Gasteiger partial charge on any atom is 0.0713 e. The Kier molecular flexibility index (Phi) is 5.80. The van der Waals surface area contributed by atoms with Gasteiger partial charge in [-0.15, -0.1) is 0 Å². The van der Waals surface area contributed by atoms with E-state index in [0.29, 0.717) is 12.1 Å². The Labute approximate surface area is 115 Å². The zero-order valence-corrected chi connectivity index (χ0v) is 12.6. The van der Waals surface area contributed by atoms with Gasteiger partial charge < -0.3 is 14.8 Å². The molecule has 0 aliphatic carbocycles. The normalized spacial score (nSPS) is 27.8. The quantitative estimate of drug-likeness (QED) is 0.780. The van der Waals surface area contributed by atoms with Crippen LogP contribution < -0.4 is 5.32 Å². The molecular formula is C14H27NO2S. The van der Waals surface area contributed by atoms with Crippen molar-refractivity contribution in [3.05, 3.63) is 0 Å². The molecule has 0 aromatic heterocycles. The average Bonchev–Trinajstić information content (AvgIpc) is 2.36. The molecule has 2 aliphatic rings. The second-order valence-corrected chi connectivity index (χ2v) is 6.93. The van der Waals surface area contributed by atoms with Crippen LogP contribution in [0.2, 0.25) is 0 Å². The first-order chi connectivity index (χ1) is 8.70. The number of hydrogen-bond acceptors (Lipinski definition) is 4. The van der Waals surface area contributed by atoms with Gasteiger partial charge in [0, 0.05) is 19.2 Å². The molecule has 0 aromatic carbocycles. The molecule has 0 bridgehead atoms. The molecule has 106 valence electrons. The Bertz CT molecular complexity index is 236. The zero-order chi connectivity index (χ0) is 12.8. The lowest BCUT2D eigenvalue weighted by atomic mass is 9.85. The van der Waals surface area contributed by atoms with Crippen molar-refractivity contribution in [3.8, 4) is 0 Å². The second kappa shape index (κ2) is 7.13. The third-order valence-corrected chi connectivity index (χ3v) is 4.87. The van der Waals surface area contributed by atoms with E-state index < -0.39 is 0 Å². The van der Waals surface area contributed by atoms with E-state index in [4.69, 9.17) is 9.47 Å². The monoisotopic (exact) mass is 273 g/mol. The Morgan fingerprint density at radius 1 is 1.39 bits per heavy atom. The van der Waals surface area contributed by atoms with Gasteiger partial charge in [0.1, 0.15) is 0 Å². The fourth-order valence-corrected chi connectivity index (χ4v) is 4.09. The third kappa shape index (κ3) is 4.41. The zero-order valence-electron chi connectivity index (χ0n) is 11.7. The summed E-state index contributed by atoms with van der Waals surface area (Å²) in [6.45, 7) is 6.88. The van der Waals surface area contributed by atoms with Gasteiger partial charge in [-0.2, -0.15) is 11.8 Å². The molecule has 18 heavy (non-hydrogen) atoms. The molecule has 0 saturated carbocycles. The van der Waals surface area contributed by atoms with Crippen LogP contribution in [0, 0.1) is 0 Å². The first-order valence-electron chi connectivity index (χ1n) is 7.27. The van der Waals surface area contributed by atoms with E-state index in [1.165, 1.54) is 30.8 Å². The van der Waals surface area contributed by atoms with Crippen molar-refractivity contribution in [1.29, 1.82) is 0 Å². The predicted octanol–water partition coefficient (Wildman–Crippen LogP) is 2.45. The average molecular weight is 273 g/mol. The molecule has 0 aromatic rings. The lowest BCUT2D eigenvalue weighted by molar-refractivity contribution is -0.0936. The van der Waals surface area contributed by atoms with Gasteiger partial charge in [0.15, 0.2) is 0 Å². The van der Waals surface area contributed by atoms with Crippen LogP contribution in [0.5, 0.6) is 0 Å². The predicted molar refractivity (Wildman–Crippen MR) is 77.4 cm³/mol. The van der Waals surface area contributed by atoms with E-state index in [-0.39, 0.29) is 5.60 Å². The van der Waals surface area contributed by atoms with Crippen LogP contribution in [-0.4, -0.2) is 49.0 Å². The van der Waals surface area contributed by atoms with E-state index >= 15 is 0 Å². The van der Waals surface area contributed by atoms with Crippen molar-refractivity contribution in [2.45, 2.75) is 57.3 Å². The number of hydrogen-bond donors (Lipinski definition) is 1. The SMILES string of the molecule is CC(C)OCCNC1CCOC2(CCSCC2)C1. The highest BCUT2D eigenvalue weighted by molar-refractivity contribution is 7.99. The third-order valence-electron chi connectivity index (χ3n) is 3.88. The van der Waals surface area contributed by atoms with Gasteiger partial charge in [-0.3, -0.25) is 0 Å². The van der Waals surface area contributed by atoms with Crippen LogP contribution in [0.15, 0.2) is 0 Å². The fraction of sp³-hybridized carbons (Fsp3) is 1.00. The smallest absolute Gasteiger partial charge is 0.0713 e. The van der Waals surface area contributed by atoms with Crippen molar-refractivity contribution in [2.75, 3.05) is 31.3 Å². The summed E-state index contributed by atoms with van der Waals surface area (Å²) in [4.78, 5) is 0. The van der Waals surface area contributed by atoms with E-state index in [1.54, 1.807) is 0 Å². The van der Waals surface area contributed by atoms with Gasteiger partial charge in [-0.25, -0.2) is 0 Å². The fourth-order valence-electron chi connectivity index (χ4n) is 2.85. The summed E-state index contributed by atoms with van der Waals surface area (Å²) in [5, 5.41) is 3.64. The van der Waals surface area contributed by atoms with E-state index in [2.05, 4.69) is 30.9 Å². The number of nitrogens with one attached hydrogen (secondary N) is 1. The summed E-state index contributed by atoms with van der Waals surface area (Å²) >= 11 is 2.07. The minimum Gasteiger partial charge on any atom is -0.377 e. The van der Waals surface area contributed by atoms with Crippen LogP contribution in [0.25, 0.3) is 0 Å². The van der Waals surface area contributed by atoms with Gasteiger partial charge in [-0.1, -0.05) is 0 Å². The van der Waals surface area contributed by atoms with Crippen LogP contribution in [0.3, 0.4) is 0 Å². The van der Waals surface area contributed by atoms with Crippen LogP contribution in [0.4, 0.5) is 0 Å². The van der Waals surface area contributed by atoms with Gasteiger partial charge in [0.25, 0.3) is 0 Å². The minimum absolute atomic E-state index is 0.195. The van der Waals surface area contributed by atoms with Gasteiger partial charge in [0.2, 0.25) is 0 Å². The standard InChI is InChI=1S/C14H27NO2S/c1-12(2)16-8-6-15-13-3-7-17-14(11-13)4-9-18-10-5-14/h12-13,15H,3-11H2,1-2H3. The highest BCUT2D eigenvalue weighted by Gasteiger charge is 2.38. The molecule has 1 atom stereocenters. The van der Waals surface area contributed by atoms with Crippen molar-refractivity contribution in [2.24, 2.45) is 0 Å². The van der Waals surface area contributed by atoms with Crippen LogP contribution in [-0.2, 0) is 9.47 Å².